The molecule has 3 fully saturated rings. The van der Waals surface area contributed by atoms with E-state index in [4.69, 9.17) is 19.7 Å². The second kappa shape index (κ2) is 9.08. The number of methoxy groups -OCH3 is 1. The Hall–Kier alpha value is -2.89. The molecule has 1 aliphatic heterocycles. The van der Waals surface area contributed by atoms with Gasteiger partial charge in [-0.25, -0.2) is 5.53 Å². The highest BCUT2D eigenvalue weighted by atomic mass is 16.7. The Bertz CT molecular complexity index is 931. The maximum Gasteiger partial charge on any atom is 0.280 e. The van der Waals surface area contributed by atoms with E-state index in [1.54, 1.807) is 20.2 Å². The van der Waals surface area contributed by atoms with Crippen molar-refractivity contribution in [2.24, 2.45) is 16.4 Å². The number of nitrogens with zero attached hydrogens (tertiary/aromatic N) is 2. The predicted molar refractivity (Wildman–Crippen MR) is 115 cm³/mol. The lowest BCUT2D eigenvalue weighted by Gasteiger charge is -2.29. The fraction of sp³-hybridized carbons (Fsp3) is 0.522. The zero-order chi connectivity index (χ0) is 21.8. The number of amides is 1. The molecule has 0 aromatic heterocycles. The van der Waals surface area contributed by atoms with Crippen LogP contribution in [-0.2, 0) is 14.3 Å². The quantitative estimate of drug-likeness (QED) is 0.398. The molecule has 2 aliphatic carbocycles. The summed E-state index contributed by atoms with van der Waals surface area (Å²) in [5, 5.41) is 6.39. The zero-order valence-electron chi connectivity index (χ0n) is 17.9. The average Bonchev–Trinajstić information content (AvgIpc) is 3.73. The summed E-state index contributed by atoms with van der Waals surface area (Å²) in [5.41, 5.74) is 9.05. The Morgan fingerprint density at radius 3 is 2.71 bits per heavy atom. The topological polar surface area (TPSA) is 96.2 Å². The van der Waals surface area contributed by atoms with Crippen molar-refractivity contribution in [3.63, 3.8) is 0 Å². The van der Waals surface area contributed by atoms with Gasteiger partial charge in [-0.2, -0.15) is 5.11 Å². The number of hydrogen-bond acceptors (Lipinski definition) is 7. The first-order valence-electron chi connectivity index (χ1n) is 10.5. The van der Waals surface area contributed by atoms with E-state index in [0.29, 0.717) is 37.1 Å². The minimum atomic E-state index is -0.417. The van der Waals surface area contributed by atoms with E-state index in [2.05, 4.69) is 22.3 Å². The predicted octanol–water partition coefficient (Wildman–Crippen LogP) is 3.03. The first kappa shape index (κ1) is 21.3. The van der Waals surface area contributed by atoms with Gasteiger partial charge in [0.1, 0.15) is 5.75 Å². The van der Waals surface area contributed by atoms with Crippen LogP contribution in [-0.4, -0.2) is 46.1 Å². The summed E-state index contributed by atoms with van der Waals surface area (Å²) in [6.07, 6.45) is 5.67. The first-order valence-corrected chi connectivity index (χ1v) is 10.5. The number of carbonyl (C=O) groups excluding carboxylic acids is 1. The first-order chi connectivity index (χ1) is 15.0. The number of carbonyl (C=O) groups is 1. The Labute approximate surface area is 182 Å². The van der Waals surface area contributed by atoms with Gasteiger partial charge in [-0.3, -0.25) is 4.79 Å². The molecular weight excluding hydrogens is 396 g/mol. The van der Waals surface area contributed by atoms with Gasteiger partial charge in [-0.15, -0.1) is 0 Å². The van der Waals surface area contributed by atoms with Crippen LogP contribution in [0.15, 0.2) is 35.2 Å². The van der Waals surface area contributed by atoms with Crippen molar-refractivity contribution in [1.29, 1.82) is 5.53 Å². The van der Waals surface area contributed by atoms with Crippen molar-refractivity contribution in [3.05, 3.63) is 35.7 Å². The third-order valence-corrected chi connectivity index (χ3v) is 5.79. The number of benzene rings is 1. The molecule has 1 saturated heterocycles. The molecule has 2 N–H and O–H groups in total. The van der Waals surface area contributed by atoms with Crippen LogP contribution < -0.4 is 15.0 Å². The SMILES string of the molecule is COc1cc(C#CC2CC2)cc(N(C)C(=O)/C(=C/NCC2OCC3(CC3)CO2)N=N)c1. The molecular formula is C23H28N4O4. The van der Waals surface area contributed by atoms with Crippen molar-refractivity contribution < 1.29 is 19.0 Å². The smallest absolute Gasteiger partial charge is 0.280 e. The molecule has 0 atom stereocenters. The summed E-state index contributed by atoms with van der Waals surface area (Å²) >= 11 is 0. The van der Waals surface area contributed by atoms with Gasteiger partial charge in [0, 0.05) is 41.9 Å². The maximum atomic E-state index is 12.9. The minimum Gasteiger partial charge on any atom is -0.497 e. The van der Waals surface area contributed by atoms with Crippen LogP contribution in [0.25, 0.3) is 0 Å². The lowest BCUT2D eigenvalue weighted by atomic mass is 10.1. The van der Waals surface area contributed by atoms with Gasteiger partial charge in [-0.05, 0) is 37.8 Å². The number of ether oxygens (including phenoxy) is 3. The van der Waals surface area contributed by atoms with E-state index < -0.39 is 5.91 Å². The van der Waals surface area contributed by atoms with Crippen LogP contribution >= 0.6 is 0 Å². The van der Waals surface area contributed by atoms with Crippen LogP contribution in [0.2, 0.25) is 0 Å². The van der Waals surface area contributed by atoms with E-state index in [9.17, 15) is 4.79 Å². The van der Waals surface area contributed by atoms with Crippen LogP contribution in [0.1, 0.15) is 31.2 Å². The van der Waals surface area contributed by atoms with E-state index in [1.807, 2.05) is 12.1 Å². The Morgan fingerprint density at radius 1 is 1.35 bits per heavy atom. The molecule has 4 rings (SSSR count). The van der Waals surface area contributed by atoms with Gasteiger partial charge < -0.3 is 24.4 Å². The number of rotatable bonds is 7. The van der Waals surface area contributed by atoms with Crippen LogP contribution in [0.3, 0.4) is 0 Å². The highest BCUT2D eigenvalue weighted by molar-refractivity contribution is 6.05. The second-order valence-corrected chi connectivity index (χ2v) is 8.43. The van der Waals surface area contributed by atoms with Crippen molar-refractivity contribution >= 4 is 11.6 Å². The maximum absolute atomic E-state index is 12.9. The number of likely N-dealkylation sites (N-methyl/N-ethyl adjacent to an activating group) is 1. The molecule has 2 saturated carbocycles. The largest absolute Gasteiger partial charge is 0.497 e. The van der Waals surface area contributed by atoms with E-state index in [0.717, 1.165) is 31.2 Å². The van der Waals surface area contributed by atoms with Gasteiger partial charge in [0.15, 0.2) is 12.0 Å². The Morgan fingerprint density at radius 2 is 2.10 bits per heavy atom. The summed E-state index contributed by atoms with van der Waals surface area (Å²) in [6.45, 7) is 1.80. The molecule has 1 heterocycles. The highest BCUT2D eigenvalue weighted by Crippen LogP contribution is 2.48. The fourth-order valence-electron chi connectivity index (χ4n) is 3.28. The molecule has 3 aliphatic rings. The molecule has 8 nitrogen and oxygen atoms in total. The van der Waals surface area contributed by atoms with Gasteiger partial charge in [-0.1, -0.05) is 11.8 Å². The number of anilines is 1. The van der Waals surface area contributed by atoms with Crippen LogP contribution in [0, 0.1) is 28.7 Å². The van der Waals surface area contributed by atoms with Crippen LogP contribution in [0.4, 0.5) is 5.69 Å². The summed E-state index contributed by atoms with van der Waals surface area (Å²) in [5.74, 6) is 7.05. The van der Waals surface area contributed by atoms with E-state index in [-0.39, 0.29) is 17.4 Å². The van der Waals surface area contributed by atoms with E-state index >= 15 is 0 Å². The van der Waals surface area contributed by atoms with Crippen molar-refractivity contribution in [1.82, 2.24) is 5.32 Å². The van der Waals surface area contributed by atoms with Gasteiger partial charge in [0.25, 0.3) is 5.91 Å². The third kappa shape index (κ3) is 5.43. The minimum absolute atomic E-state index is 0.0228. The summed E-state index contributed by atoms with van der Waals surface area (Å²) in [4.78, 5) is 14.3. The summed E-state index contributed by atoms with van der Waals surface area (Å²) in [6, 6.07) is 5.44. The molecule has 1 aromatic rings. The summed E-state index contributed by atoms with van der Waals surface area (Å²) in [7, 11) is 3.21. The molecule has 1 amide bonds. The van der Waals surface area contributed by atoms with Crippen molar-refractivity contribution in [2.45, 2.75) is 32.0 Å². The fourth-order valence-corrected chi connectivity index (χ4v) is 3.28. The van der Waals surface area contributed by atoms with Crippen molar-refractivity contribution in [3.8, 4) is 17.6 Å². The Kier molecular flexibility index (Phi) is 6.25. The molecule has 164 valence electrons. The van der Waals surface area contributed by atoms with Gasteiger partial charge in [0.2, 0.25) is 0 Å². The van der Waals surface area contributed by atoms with Crippen LogP contribution in [0.5, 0.6) is 5.75 Å². The average molecular weight is 425 g/mol. The second-order valence-electron chi connectivity index (χ2n) is 8.43. The van der Waals surface area contributed by atoms with Gasteiger partial charge >= 0.3 is 0 Å². The lowest BCUT2D eigenvalue weighted by molar-refractivity contribution is -0.203. The molecule has 1 spiro atoms. The molecule has 1 aromatic carbocycles. The number of hydrogen-bond donors (Lipinski definition) is 2. The molecule has 31 heavy (non-hydrogen) atoms. The molecule has 8 heteroatoms. The third-order valence-electron chi connectivity index (χ3n) is 5.79. The van der Waals surface area contributed by atoms with Gasteiger partial charge in [0.05, 0.1) is 26.9 Å². The normalized spacial score (nSPS) is 19.9. The zero-order valence-corrected chi connectivity index (χ0v) is 17.9. The molecule has 0 bridgehead atoms. The highest BCUT2D eigenvalue weighted by Gasteiger charge is 2.46. The standard InChI is InChI=1S/C23H28N4O4/c1-27(18-9-17(6-5-16-3-4-16)10-19(11-18)29-2)22(28)20(26-24)12-25-13-21-30-14-23(7-8-23)15-31-21/h9-12,16,21,24-25H,3-4,7-8,13-15H2,1-2H3/b20-12-,26-24?. The van der Waals surface area contributed by atoms with Crippen molar-refractivity contribution in [2.75, 3.05) is 38.8 Å². The monoisotopic (exact) mass is 424 g/mol. The van der Waals surface area contributed by atoms with E-state index in [1.165, 1.54) is 11.1 Å². The summed E-state index contributed by atoms with van der Waals surface area (Å²) < 4.78 is 16.8. The number of nitrogens with one attached hydrogen (secondary N) is 2. The molecule has 0 unspecified atom stereocenters. The molecule has 0 radical (unpaired) electrons. The Balaban J connectivity index is 1.39. The lowest BCUT2D eigenvalue weighted by Crippen LogP contribution is -2.38.